The van der Waals surface area contributed by atoms with E-state index < -0.39 is 5.97 Å². The molecule has 28 heavy (non-hydrogen) atoms. The molecule has 146 valence electrons. The Kier molecular flexibility index (Phi) is 6.61. The molecule has 1 heterocycles. The van der Waals surface area contributed by atoms with Crippen molar-refractivity contribution in [2.45, 2.75) is 19.8 Å². The molecule has 0 aliphatic carbocycles. The average molecular weight is 379 g/mol. The van der Waals surface area contributed by atoms with Crippen LogP contribution in [0.4, 0.5) is 0 Å². The van der Waals surface area contributed by atoms with E-state index in [-0.39, 0.29) is 18.7 Å². The molecule has 0 bridgehead atoms. The molecule has 0 unspecified atom stereocenters. The Bertz CT molecular complexity index is 840. The Morgan fingerprint density at radius 2 is 1.64 bits per heavy atom. The van der Waals surface area contributed by atoms with Crippen molar-refractivity contribution in [3.05, 3.63) is 65.7 Å². The summed E-state index contributed by atoms with van der Waals surface area (Å²) in [6.07, 6.45) is 2.80. The highest BCUT2D eigenvalue weighted by Gasteiger charge is 2.20. The second-order valence-corrected chi connectivity index (χ2v) is 6.76. The van der Waals surface area contributed by atoms with E-state index in [1.165, 1.54) is 0 Å². The molecule has 0 aromatic heterocycles. The van der Waals surface area contributed by atoms with Crippen molar-refractivity contribution >= 4 is 17.3 Å². The van der Waals surface area contributed by atoms with Crippen LogP contribution in [0, 0.1) is 0 Å². The van der Waals surface area contributed by atoms with Crippen molar-refractivity contribution in [2.24, 2.45) is 0 Å². The number of fused-ring (bicyclic) bond motifs is 2. The molecule has 1 aliphatic rings. The molecule has 0 saturated heterocycles. The number of rotatable bonds is 8. The minimum absolute atomic E-state index is 0.129. The standard InChI is InChI=1S/C23H25NO4/c1-3-27-23(26)15-17(25)16-24(2)14-8-11-18-19-9-4-6-12-21(19)28-22-13-7-5-10-20(18)22/h4-7,9-13H,3,8,14-16H2,1-2H3. The zero-order valence-electron chi connectivity index (χ0n) is 16.3. The maximum Gasteiger partial charge on any atom is 0.313 e. The van der Waals surface area contributed by atoms with Gasteiger partial charge in [-0.2, -0.15) is 0 Å². The Morgan fingerprint density at radius 1 is 1.04 bits per heavy atom. The van der Waals surface area contributed by atoms with Crippen molar-refractivity contribution < 1.29 is 19.1 Å². The van der Waals surface area contributed by atoms with E-state index in [0.717, 1.165) is 34.6 Å². The number of ether oxygens (including phenoxy) is 2. The Hall–Kier alpha value is -2.92. The van der Waals surface area contributed by atoms with Crippen molar-refractivity contribution in [3.63, 3.8) is 0 Å². The molecular weight excluding hydrogens is 354 g/mol. The molecule has 2 aromatic rings. The highest BCUT2D eigenvalue weighted by Crippen LogP contribution is 2.43. The lowest BCUT2D eigenvalue weighted by molar-refractivity contribution is -0.145. The van der Waals surface area contributed by atoms with Crippen LogP contribution in [0.5, 0.6) is 11.5 Å². The lowest BCUT2D eigenvalue weighted by atomic mass is 9.93. The molecule has 3 rings (SSSR count). The molecule has 5 nitrogen and oxygen atoms in total. The van der Waals surface area contributed by atoms with Crippen LogP contribution in [0.3, 0.4) is 0 Å². The fourth-order valence-corrected chi connectivity index (χ4v) is 3.28. The first-order valence-electron chi connectivity index (χ1n) is 9.51. The monoisotopic (exact) mass is 379 g/mol. The van der Waals surface area contributed by atoms with Gasteiger partial charge in [-0.25, -0.2) is 0 Å². The summed E-state index contributed by atoms with van der Waals surface area (Å²) in [5.74, 6) is 1.12. The number of carbonyl (C=O) groups is 2. The summed E-state index contributed by atoms with van der Waals surface area (Å²) in [5, 5.41) is 0. The van der Waals surface area contributed by atoms with Gasteiger partial charge in [-0.05, 0) is 38.1 Å². The summed E-state index contributed by atoms with van der Waals surface area (Å²) in [7, 11) is 1.88. The third-order valence-electron chi connectivity index (χ3n) is 4.53. The normalized spacial score (nSPS) is 12.0. The van der Waals surface area contributed by atoms with Crippen molar-refractivity contribution in [1.29, 1.82) is 0 Å². The highest BCUT2D eigenvalue weighted by molar-refractivity contribution is 5.96. The molecule has 0 atom stereocenters. The van der Waals surface area contributed by atoms with Crippen LogP contribution >= 0.6 is 0 Å². The van der Waals surface area contributed by atoms with Crippen LogP contribution in [-0.2, 0) is 14.3 Å². The molecule has 5 heteroatoms. The van der Waals surface area contributed by atoms with Gasteiger partial charge in [0.1, 0.15) is 17.9 Å². The van der Waals surface area contributed by atoms with Crippen LogP contribution in [0.15, 0.2) is 54.6 Å². The van der Waals surface area contributed by atoms with Crippen molar-refractivity contribution in [1.82, 2.24) is 4.90 Å². The smallest absolute Gasteiger partial charge is 0.313 e. The van der Waals surface area contributed by atoms with Crippen LogP contribution in [0.1, 0.15) is 30.9 Å². The van der Waals surface area contributed by atoms with Gasteiger partial charge >= 0.3 is 5.97 Å². The zero-order chi connectivity index (χ0) is 19.9. The summed E-state index contributed by atoms with van der Waals surface area (Å²) in [6.45, 7) is 2.97. The third-order valence-corrected chi connectivity index (χ3v) is 4.53. The van der Waals surface area contributed by atoms with Gasteiger partial charge in [0, 0.05) is 17.7 Å². The molecule has 1 aliphatic heterocycles. The quantitative estimate of drug-likeness (QED) is 0.436. The second kappa shape index (κ2) is 9.33. The van der Waals surface area contributed by atoms with E-state index in [2.05, 4.69) is 18.2 Å². The lowest BCUT2D eigenvalue weighted by Crippen LogP contribution is -2.28. The maximum absolute atomic E-state index is 12.0. The number of para-hydroxylation sites is 2. The van der Waals surface area contributed by atoms with Crippen LogP contribution < -0.4 is 4.74 Å². The number of hydrogen-bond donors (Lipinski definition) is 0. The molecule has 0 fully saturated rings. The third kappa shape index (κ3) is 4.87. The Balaban J connectivity index is 1.65. The number of benzene rings is 2. The fraction of sp³-hybridized carbons (Fsp3) is 0.304. The number of esters is 1. The summed E-state index contributed by atoms with van der Waals surface area (Å²) in [4.78, 5) is 25.3. The van der Waals surface area contributed by atoms with Crippen LogP contribution in [0.25, 0.3) is 5.57 Å². The highest BCUT2D eigenvalue weighted by atomic mass is 16.5. The van der Waals surface area contributed by atoms with Gasteiger partial charge in [-0.3, -0.25) is 14.5 Å². The fourth-order valence-electron chi connectivity index (χ4n) is 3.28. The number of likely N-dealkylation sites (N-methyl/N-ethyl adjacent to an activating group) is 1. The summed E-state index contributed by atoms with van der Waals surface area (Å²) < 4.78 is 10.8. The molecular formula is C23H25NO4. The number of nitrogens with zero attached hydrogens (tertiary/aromatic N) is 1. The van der Waals surface area contributed by atoms with Crippen molar-refractivity contribution in [3.8, 4) is 11.5 Å². The van der Waals surface area contributed by atoms with Gasteiger partial charge in [0.05, 0.1) is 13.2 Å². The van der Waals surface area contributed by atoms with E-state index in [4.69, 9.17) is 9.47 Å². The van der Waals surface area contributed by atoms with Gasteiger partial charge in [0.25, 0.3) is 0 Å². The SMILES string of the molecule is CCOC(=O)CC(=O)CN(C)CCC=C1c2ccccc2Oc2ccccc21. The van der Waals surface area contributed by atoms with Crippen LogP contribution in [-0.4, -0.2) is 43.4 Å². The van der Waals surface area contributed by atoms with E-state index in [1.54, 1.807) is 6.92 Å². The summed E-state index contributed by atoms with van der Waals surface area (Å²) in [6, 6.07) is 16.0. The predicted octanol–water partition coefficient (Wildman–Crippen LogP) is 4.07. The first-order chi connectivity index (χ1) is 13.6. The van der Waals surface area contributed by atoms with Gasteiger partial charge in [-0.15, -0.1) is 0 Å². The predicted molar refractivity (Wildman–Crippen MR) is 108 cm³/mol. The zero-order valence-corrected chi connectivity index (χ0v) is 16.3. The molecule has 0 amide bonds. The number of ketones is 1. The maximum atomic E-state index is 12.0. The second-order valence-electron chi connectivity index (χ2n) is 6.76. The van der Waals surface area contributed by atoms with E-state index in [9.17, 15) is 9.59 Å². The van der Waals surface area contributed by atoms with Gasteiger partial charge in [-0.1, -0.05) is 42.5 Å². The molecule has 0 radical (unpaired) electrons. The first-order valence-corrected chi connectivity index (χ1v) is 9.51. The number of carbonyl (C=O) groups excluding carboxylic acids is 2. The minimum Gasteiger partial charge on any atom is -0.466 e. The minimum atomic E-state index is -0.460. The largest absolute Gasteiger partial charge is 0.466 e. The number of hydrogen-bond acceptors (Lipinski definition) is 5. The van der Waals surface area contributed by atoms with Crippen molar-refractivity contribution in [2.75, 3.05) is 26.7 Å². The Morgan fingerprint density at radius 3 is 2.25 bits per heavy atom. The van der Waals surface area contributed by atoms with Crippen LogP contribution in [0.2, 0.25) is 0 Å². The summed E-state index contributed by atoms with van der Waals surface area (Å²) >= 11 is 0. The molecule has 0 spiro atoms. The lowest BCUT2D eigenvalue weighted by Gasteiger charge is -2.23. The van der Waals surface area contributed by atoms with Gasteiger partial charge in [0.15, 0.2) is 5.78 Å². The average Bonchev–Trinajstić information content (AvgIpc) is 2.67. The topological polar surface area (TPSA) is 55.8 Å². The van der Waals surface area contributed by atoms with E-state index in [1.807, 2.05) is 48.3 Å². The molecule has 0 saturated carbocycles. The van der Waals surface area contributed by atoms with Gasteiger partial charge < -0.3 is 9.47 Å². The summed E-state index contributed by atoms with van der Waals surface area (Å²) in [5.41, 5.74) is 3.29. The Labute approximate surface area is 165 Å². The van der Waals surface area contributed by atoms with E-state index >= 15 is 0 Å². The van der Waals surface area contributed by atoms with E-state index in [0.29, 0.717) is 13.2 Å². The first kappa shape index (κ1) is 19.8. The molecule has 0 N–H and O–H groups in total. The number of Topliss-reactive ketones (excluding diaryl/α,β-unsaturated/α-hetero) is 1. The van der Waals surface area contributed by atoms with Gasteiger partial charge in [0.2, 0.25) is 0 Å². The molecule has 2 aromatic carbocycles.